The Balaban J connectivity index is 1.61. The van der Waals surface area contributed by atoms with Crippen LogP contribution in [-0.4, -0.2) is 40.2 Å². The molecular weight excluding hydrogens is 347 g/mol. The third-order valence-electron chi connectivity index (χ3n) is 5.49. The fourth-order valence-electron chi connectivity index (χ4n) is 4.27. The zero-order valence-corrected chi connectivity index (χ0v) is 15.3. The summed E-state index contributed by atoms with van der Waals surface area (Å²) in [6.07, 6.45) is 4.49. The van der Waals surface area contributed by atoms with E-state index in [4.69, 9.17) is 0 Å². The fourth-order valence-corrected chi connectivity index (χ4v) is 4.27. The van der Waals surface area contributed by atoms with Crippen molar-refractivity contribution in [2.24, 2.45) is 5.92 Å². The number of aromatic nitrogens is 2. The van der Waals surface area contributed by atoms with E-state index in [1.807, 2.05) is 6.92 Å². The van der Waals surface area contributed by atoms with Crippen molar-refractivity contribution in [2.75, 3.05) is 23.3 Å². The van der Waals surface area contributed by atoms with Gasteiger partial charge in [0.15, 0.2) is 11.6 Å². The van der Waals surface area contributed by atoms with Gasteiger partial charge in [-0.2, -0.15) is 4.98 Å². The summed E-state index contributed by atoms with van der Waals surface area (Å²) in [5.74, 6) is 0.792. The van der Waals surface area contributed by atoms with Crippen molar-refractivity contribution in [3.63, 3.8) is 0 Å². The molecule has 4 rings (SSSR count). The highest BCUT2D eigenvalue weighted by Gasteiger charge is 2.40. The first-order chi connectivity index (χ1) is 13.2. The molecule has 7 nitrogen and oxygen atoms in total. The minimum absolute atomic E-state index is 0.145. The number of fused-ring (bicyclic) bond motifs is 1. The number of phenolic OH excluding ortho intramolecular Hbond substituents is 1. The van der Waals surface area contributed by atoms with Gasteiger partial charge in [0, 0.05) is 42.8 Å². The number of halogens is 1. The molecule has 0 spiro atoms. The lowest BCUT2D eigenvalue weighted by atomic mass is 9.81. The molecule has 1 saturated carbocycles. The summed E-state index contributed by atoms with van der Waals surface area (Å²) in [7, 11) is 0. The molecule has 1 saturated heterocycles. The van der Waals surface area contributed by atoms with E-state index in [2.05, 4.69) is 31.0 Å². The summed E-state index contributed by atoms with van der Waals surface area (Å²) in [5.41, 5.74) is 7.24. The van der Waals surface area contributed by atoms with Gasteiger partial charge in [-0.15, -0.1) is 0 Å². The van der Waals surface area contributed by atoms with Gasteiger partial charge >= 0.3 is 0 Å². The Labute approximate surface area is 158 Å². The Hall–Kier alpha value is -2.45. The SMILES string of the molecule is CCN(c1nc(Nc2cccc(O)c2)ncc1F)C1CCCC2NNCC21. The van der Waals surface area contributed by atoms with E-state index in [0.29, 0.717) is 36.0 Å². The molecule has 1 aliphatic carbocycles. The predicted octanol–water partition coefficient (Wildman–Crippen LogP) is 2.54. The van der Waals surface area contributed by atoms with Gasteiger partial charge in [0.05, 0.1) is 6.20 Å². The van der Waals surface area contributed by atoms with Gasteiger partial charge in [0.2, 0.25) is 5.95 Å². The summed E-state index contributed by atoms with van der Waals surface area (Å²) in [5, 5.41) is 12.7. The number of anilines is 3. The summed E-state index contributed by atoms with van der Waals surface area (Å²) >= 11 is 0. The number of aromatic hydroxyl groups is 1. The Morgan fingerprint density at radius 2 is 2.26 bits per heavy atom. The highest BCUT2D eigenvalue weighted by Crippen LogP contribution is 2.34. The molecule has 0 bridgehead atoms. The van der Waals surface area contributed by atoms with Gasteiger partial charge in [-0.05, 0) is 38.3 Å². The van der Waals surface area contributed by atoms with Crippen molar-refractivity contribution >= 4 is 17.5 Å². The number of hydrazine groups is 1. The molecular formula is C19H25FN6O. The second-order valence-corrected chi connectivity index (χ2v) is 7.12. The van der Waals surface area contributed by atoms with E-state index >= 15 is 0 Å². The van der Waals surface area contributed by atoms with Crippen LogP contribution in [0.15, 0.2) is 30.5 Å². The topological polar surface area (TPSA) is 85.3 Å². The molecule has 1 aromatic heterocycles. The first kappa shape index (κ1) is 17.9. The van der Waals surface area contributed by atoms with Crippen LogP contribution in [0.4, 0.5) is 21.8 Å². The average Bonchev–Trinajstić information content (AvgIpc) is 3.14. The van der Waals surface area contributed by atoms with E-state index in [-0.39, 0.29) is 11.8 Å². The quantitative estimate of drug-likeness (QED) is 0.642. The van der Waals surface area contributed by atoms with Crippen molar-refractivity contribution in [1.82, 2.24) is 20.8 Å². The largest absolute Gasteiger partial charge is 0.508 e. The second-order valence-electron chi connectivity index (χ2n) is 7.12. The number of nitrogens with zero attached hydrogens (tertiary/aromatic N) is 3. The lowest BCUT2D eigenvalue weighted by Gasteiger charge is -2.40. The highest BCUT2D eigenvalue weighted by atomic mass is 19.1. The van der Waals surface area contributed by atoms with Crippen LogP contribution < -0.4 is 21.1 Å². The molecule has 0 amide bonds. The number of nitrogens with one attached hydrogen (secondary N) is 3. The molecule has 4 N–H and O–H groups in total. The van der Waals surface area contributed by atoms with Crippen molar-refractivity contribution in [3.8, 4) is 5.75 Å². The second kappa shape index (κ2) is 7.66. The summed E-state index contributed by atoms with van der Waals surface area (Å²) in [6.45, 7) is 3.59. The Bertz CT molecular complexity index is 804. The molecule has 3 unspecified atom stereocenters. The van der Waals surface area contributed by atoms with Crippen LogP contribution in [0.3, 0.4) is 0 Å². The molecule has 3 atom stereocenters. The minimum atomic E-state index is -0.417. The average molecular weight is 372 g/mol. The number of phenols is 1. The number of benzene rings is 1. The number of hydrogen-bond acceptors (Lipinski definition) is 7. The highest BCUT2D eigenvalue weighted by molar-refractivity contribution is 5.57. The van der Waals surface area contributed by atoms with Gasteiger partial charge in [-0.3, -0.25) is 10.9 Å². The van der Waals surface area contributed by atoms with Crippen molar-refractivity contribution in [1.29, 1.82) is 0 Å². The first-order valence-corrected chi connectivity index (χ1v) is 9.49. The van der Waals surface area contributed by atoms with Crippen LogP contribution >= 0.6 is 0 Å². The normalized spacial score (nSPS) is 24.4. The van der Waals surface area contributed by atoms with Crippen LogP contribution in [0.2, 0.25) is 0 Å². The van der Waals surface area contributed by atoms with Gasteiger partial charge in [-0.1, -0.05) is 6.07 Å². The van der Waals surface area contributed by atoms with E-state index in [0.717, 1.165) is 25.8 Å². The molecule has 2 aromatic rings. The first-order valence-electron chi connectivity index (χ1n) is 9.49. The minimum Gasteiger partial charge on any atom is -0.508 e. The number of hydrogen-bond donors (Lipinski definition) is 4. The van der Waals surface area contributed by atoms with Crippen LogP contribution in [0.1, 0.15) is 26.2 Å². The Morgan fingerprint density at radius 3 is 3.07 bits per heavy atom. The maximum atomic E-state index is 14.6. The van der Waals surface area contributed by atoms with Crippen LogP contribution in [-0.2, 0) is 0 Å². The zero-order valence-electron chi connectivity index (χ0n) is 15.3. The molecule has 2 aliphatic rings. The lowest BCUT2D eigenvalue weighted by Crippen LogP contribution is -2.49. The summed E-state index contributed by atoms with van der Waals surface area (Å²) < 4.78 is 14.6. The van der Waals surface area contributed by atoms with Crippen LogP contribution in [0, 0.1) is 11.7 Å². The molecule has 27 heavy (non-hydrogen) atoms. The Morgan fingerprint density at radius 1 is 1.37 bits per heavy atom. The van der Waals surface area contributed by atoms with Gasteiger partial charge in [0.25, 0.3) is 0 Å². The molecule has 2 fully saturated rings. The molecule has 0 radical (unpaired) electrons. The molecule has 2 heterocycles. The van der Waals surface area contributed by atoms with Gasteiger partial charge in [0.1, 0.15) is 5.75 Å². The molecule has 8 heteroatoms. The number of rotatable bonds is 5. The lowest BCUT2D eigenvalue weighted by molar-refractivity contribution is 0.278. The Kier molecular flexibility index (Phi) is 5.09. The monoisotopic (exact) mass is 372 g/mol. The fraction of sp³-hybridized carbons (Fsp3) is 0.474. The molecule has 1 aromatic carbocycles. The van der Waals surface area contributed by atoms with E-state index in [9.17, 15) is 9.50 Å². The zero-order chi connectivity index (χ0) is 18.8. The van der Waals surface area contributed by atoms with E-state index in [1.54, 1.807) is 24.3 Å². The summed E-state index contributed by atoms with van der Waals surface area (Å²) in [6, 6.07) is 7.34. The van der Waals surface area contributed by atoms with Crippen LogP contribution in [0.5, 0.6) is 5.75 Å². The summed E-state index contributed by atoms with van der Waals surface area (Å²) in [4.78, 5) is 10.6. The van der Waals surface area contributed by atoms with Crippen molar-refractivity contribution < 1.29 is 9.50 Å². The van der Waals surface area contributed by atoms with Gasteiger partial charge < -0.3 is 15.3 Å². The van der Waals surface area contributed by atoms with Crippen molar-refractivity contribution in [2.45, 2.75) is 38.3 Å². The maximum Gasteiger partial charge on any atom is 0.229 e. The smallest absolute Gasteiger partial charge is 0.229 e. The molecule has 144 valence electrons. The predicted molar refractivity (Wildman–Crippen MR) is 102 cm³/mol. The van der Waals surface area contributed by atoms with Crippen LogP contribution in [0.25, 0.3) is 0 Å². The van der Waals surface area contributed by atoms with Crippen molar-refractivity contribution in [3.05, 3.63) is 36.3 Å². The van der Waals surface area contributed by atoms with Gasteiger partial charge in [-0.25, -0.2) is 9.37 Å². The third-order valence-corrected chi connectivity index (χ3v) is 5.49. The molecule has 1 aliphatic heterocycles. The van der Waals surface area contributed by atoms with E-state index in [1.165, 1.54) is 6.20 Å². The standard InChI is InChI=1S/C19H25FN6O/c1-2-26(17-8-4-7-16-14(17)10-22-25-16)18-15(20)11-21-19(24-18)23-12-5-3-6-13(27)9-12/h3,5-6,9,11,14,16-17,22,25,27H,2,4,7-8,10H2,1H3,(H,21,23,24). The van der Waals surface area contributed by atoms with E-state index < -0.39 is 5.82 Å². The maximum absolute atomic E-state index is 14.6. The third kappa shape index (κ3) is 3.68.